The molecule has 0 radical (unpaired) electrons. The van der Waals surface area contributed by atoms with Crippen LogP contribution >= 0.6 is 11.6 Å². The summed E-state index contributed by atoms with van der Waals surface area (Å²) in [5.74, 6) is -1.19. The van der Waals surface area contributed by atoms with E-state index < -0.39 is 5.91 Å². The van der Waals surface area contributed by atoms with E-state index in [0.29, 0.717) is 16.3 Å². The molecular formula is C16H11ClN2O3. The van der Waals surface area contributed by atoms with E-state index in [9.17, 15) is 15.0 Å². The van der Waals surface area contributed by atoms with Crippen molar-refractivity contribution < 1.29 is 15.0 Å². The van der Waals surface area contributed by atoms with E-state index in [2.05, 4.69) is 5.32 Å². The van der Waals surface area contributed by atoms with Gasteiger partial charge in [0.25, 0.3) is 5.91 Å². The third-order valence-corrected chi connectivity index (χ3v) is 3.03. The van der Waals surface area contributed by atoms with Gasteiger partial charge in [-0.1, -0.05) is 17.7 Å². The molecule has 0 aromatic heterocycles. The fourth-order valence-corrected chi connectivity index (χ4v) is 1.80. The quantitative estimate of drug-likeness (QED) is 0.460. The lowest BCUT2D eigenvalue weighted by Gasteiger charge is -2.04. The van der Waals surface area contributed by atoms with Gasteiger partial charge in [-0.05, 0) is 48.0 Å². The monoisotopic (exact) mass is 314 g/mol. The summed E-state index contributed by atoms with van der Waals surface area (Å²) >= 11 is 5.75. The summed E-state index contributed by atoms with van der Waals surface area (Å²) in [5.41, 5.74) is 0.780. The Labute approximate surface area is 131 Å². The number of carbonyl (C=O) groups is 1. The largest absolute Gasteiger partial charge is 0.504 e. The first-order valence-corrected chi connectivity index (χ1v) is 6.58. The first-order chi connectivity index (χ1) is 10.5. The summed E-state index contributed by atoms with van der Waals surface area (Å²) in [5, 5.41) is 30.8. The number of nitrogens with zero attached hydrogens (tertiary/aromatic N) is 1. The molecule has 2 aromatic carbocycles. The number of benzene rings is 2. The SMILES string of the molecule is N#CC(=Cc1ccc(O)c(O)c1)C(=O)Nc1ccc(Cl)cc1. The van der Waals surface area contributed by atoms with Gasteiger partial charge in [0.05, 0.1) is 0 Å². The van der Waals surface area contributed by atoms with Crippen LogP contribution in [0.3, 0.4) is 0 Å². The van der Waals surface area contributed by atoms with Crippen molar-refractivity contribution in [2.24, 2.45) is 0 Å². The maximum Gasteiger partial charge on any atom is 0.266 e. The highest BCUT2D eigenvalue weighted by Gasteiger charge is 2.10. The standard InChI is InChI=1S/C16H11ClN2O3/c17-12-2-4-13(5-3-12)19-16(22)11(9-18)7-10-1-6-14(20)15(21)8-10/h1-8,20-21H,(H,19,22). The van der Waals surface area contributed by atoms with E-state index in [1.807, 2.05) is 0 Å². The number of carbonyl (C=O) groups excluding carboxylic acids is 1. The summed E-state index contributed by atoms with van der Waals surface area (Å²) in [7, 11) is 0. The molecule has 1 amide bonds. The molecule has 0 heterocycles. The second kappa shape index (κ2) is 6.66. The molecule has 2 aromatic rings. The number of nitrogens with one attached hydrogen (secondary N) is 1. The molecular weight excluding hydrogens is 304 g/mol. The minimum atomic E-state index is -0.586. The van der Waals surface area contributed by atoms with Crippen LogP contribution in [0.15, 0.2) is 48.0 Å². The number of aromatic hydroxyl groups is 2. The first kappa shape index (κ1) is 15.4. The molecule has 0 bridgehead atoms. The van der Waals surface area contributed by atoms with Gasteiger partial charge in [0.1, 0.15) is 11.6 Å². The van der Waals surface area contributed by atoms with Gasteiger partial charge >= 0.3 is 0 Å². The van der Waals surface area contributed by atoms with E-state index >= 15 is 0 Å². The molecule has 0 fully saturated rings. The normalized spacial score (nSPS) is 10.8. The van der Waals surface area contributed by atoms with Gasteiger partial charge in [-0.3, -0.25) is 4.79 Å². The summed E-state index contributed by atoms with van der Waals surface area (Å²) < 4.78 is 0. The second-order valence-electron chi connectivity index (χ2n) is 4.38. The molecule has 5 nitrogen and oxygen atoms in total. The molecule has 2 rings (SSSR count). The first-order valence-electron chi connectivity index (χ1n) is 6.20. The third kappa shape index (κ3) is 3.78. The van der Waals surface area contributed by atoms with Crippen LogP contribution in [0.2, 0.25) is 5.02 Å². The minimum Gasteiger partial charge on any atom is -0.504 e. The molecule has 22 heavy (non-hydrogen) atoms. The van der Waals surface area contributed by atoms with Gasteiger partial charge in [0.15, 0.2) is 11.5 Å². The number of amides is 1. The fourth-order valence-electron chi connectivity index (χ4n) is 1.68. The van der Waals surface area contributed by atoms with E-state index in [-0.39, 0.29) is 17.1 Å². The lowest BCUT2D eigenvalue weighted by molar-refractivity contribution is -0.112. The van der Waals surface area contributed by atoms with Crippen LogP contribution in [-0.4, -0.2) is 16.1 Å². The lowest BCUT2D eigenvalue weighted by atomic mass is 10.1. The molecule has 0 spiro atoms. The van der Waals surface area contributed by atoms with Gasteiger partial charge in [-0.15, -0.1) is 0 Å². The zero-order chi connectivity index (χ0) is 16.1. The molecule has 0 unspecified atom stereocenters. The number of hydrogen-bond acceptors (Lipinski definition) is 4. The molecule has 0 saturated carbocycles. The summed E-state index contributed by atoms with van der Waals surface area (Å²) in [4.78, 5) is 12.0. The number of phenolic OH excluding ortho intramolecular Hbond substituents is 2. The maximum atomic E-state index is 12.0. The fraction of sp³-hybridized carbons (Fsp3) is 0. The van der Waals surface area contributed by atoms with E-state index in [4.69, 9.17) is 16.9 Å². The number of hydrogen-bond donors (Lipinski definition) is 3. The van der Waals surface area contributed by atoms with Crippen molar-refractivity contribution in [1.29, 1.82) is 5.26 Å². The molecule has 3 N–H and O–H groups in total. The summed E-state index contributed by atoms with van der Waals surface area (Å²) in [6.07, 6.45) is 1.31. The molecule has 0 aliphatic carbocycles. The van der Waals surface area contributed by atoms with Crippen molar-refractivity contribution in [3.05, 3.63) is 58.6 Å². The van der Waals surface area contributed by atoms with Crippen LogP contribution < -0.4 is 5.32 Å². The Morgan fingerprint density at radius 2 is 1.82 bits per heavy atom. The molecule has 0 saturated heterocycles. The summed E-state index contributed by atoms with van der Waals surface area (Å²) in [6, 6.07) is 12.2. The predicted octanol–water partition coefficient (Wildman–Crippen LogP) is 3.30. The Kier molecular flexibility index (Phi) is 4.66. The molecule has 0 aliphatic heterocycles. The van der Waals surface area contributed by atoms with Gasteiger partial charge in [0, 0.05) is 10.7 Å². The van der Waals surface area contributed by atoms with Crippen molar-refractivity contribution in [2.75, 3.05) is 5.32 Å². The number of rotatable bonds is 3. The third-order valence-electron chi connectivity index (χ3n) is 2.78. The van der Waals surface area contributed by atoms with Crippen molar-refractivity contribution in [3.63, 3.8) is 0 Å². The molecule has 110 valence electrons. The number of nitriles is 1. The number of phenols is 2. The van der Waals surface area contributed by atoms with E-state index in [1.54, 1.807) is 30.3 Å². The van der Waals surface area contributed by atoms with Crippen molar-refractivity contribution in [3.8, 4) is 17.6 Å². The second-order valence-corrected chi connectivity index (χ2v) is 4.82. The minimum absolute atomic E-state index is 0.139. The topological polar surface area (TPSA) is 93.3 Å². The summed E-state index contributed by atoms with van der Waals surface area (Å²) in [6.45, 7) is 0. The van der Waals surface area contributed by atoms with Gasteiger partial charge in [0.2, 0.25) is 0 Å². The van der Waals surface area contributed by atoms with Gasteiger partial charge in [-0.2, -0.15) is 5.26 Å². The highest BCUT2D eigenvalue weighted by Crippen LogP contribution is 2.26. The van der Waals surface area contributed by atoms with Crippen LogP contribution in [0.4, 0.5) is 5.69 Å². The molecule has 0 aliphatic rings. The smallest absolute Gasteiger partial charge is 0.266 e. The van der Waals surface area contributed by atoms with Crippen LogP contribution in [0.25, 0.3) is 6.08 Å². The zero-order valence-electron chi connectivity index (χ0n) is 11.2. The number of halogens is 1. The molecule has 0 atom stereocenters. The predicted molar refractivity (Wildman–Crippen MR) is 83.4 cm³/mol. The van der Waals surface area contributed by atoms with Crippen LogP contribution in [0, 0.1) is 11.3 Å². The lowest BCUT2D eigenvalue weighted by Crippen LogP contribution is -2.13. The van der Waals surface area contributed by atoms with Crippen LogP contribution in [0.1, 0.15) is 5.56 Å². The Morgan fingerprint density at radius 1 is 1.14 bits per heavy atom. The van der Waals surface area contributed by atoms with Crippen LogP contribution in [-0.2, 0) is 4.79 Å². The Morgan fingerprint density at radius 3 is 2.41 bits per heavy atom. The van der Waals surface area contributed by atoms with E-state index in [1.165, 1.54) is 24.3 Å². The average Bonchev–Trinajstić information content (AvgIpc) is 2.50. The zero-order valence-corrected chi connectivity index (χ0v) is 12.0. The highest BCUT2D eigenvalue weighted by molar-refractivity contribution is 6.30. The Bertz CT molecular complexity index is 777. The van der Waals surface area contributed by atoms with Crippen molar-refractivity contribution >= 4 is 29.3 Å². The Balaban J connectivity index is 2.21. The molecule has 6 heteroatoms. The maximum absolute atomic E-state index is 12.0. The highest BCUT2D eigenvalue weighted by atomic mass is 35.5. The number of anilines is 1. The van der Waals surface area contributed by atoms with Crippen molar-refractivity contribution in [2.45, 2.75) is 0 Å². The Hall–Kier alpha value is -2.97. The van der Waals surface area contributed by atoms with Crippen molar-refractivity contribution in [1.82, 2.24) is 0 Å². The average molecular weight is 315 g/mol. The van der Waals surface area contributed by atoms with Crippen LogP contribution in [0.5, 0.6) is 11.5 Å². The van der Waals surface area contributed by atoms with E-state index in [0.717, 1.165) is 0 Å². The van der Waals surface area contributed by atoms with Gasteiger partial charge < -0.3 is 15.5 Å². The van der Waals surface area contributed by atoms with Gasteiger partial charge in [-0.25, -0.2) is 0 Å².